The molecule has 1 amide bonds. The van der Waals surface area contributed by atoms with Crippen molar-refractivity contribution in [1.82, 2.24) is 14.7 Å². The van der Waals surface area contributed by atoms with Crippen LogP contribution < -0.4 is 4.72 Å². The van der Waals surface area contributed by atoms with Crippen LogP contribution in [-0.2, 0) is 10.0 Å². The number of likely N-dealkylation sites (tertiary alicyclic amines) is 1. The number of aryl methyl sites for hydroxylation is 1. The van der Waals surface area contributed by atoms with E-state index in [9.17, 15) is 22.4 Å². The normalized spacial score (nSPS) is 18.5. The lowest BCUT2D eigenvalue weighted by atomic mass is 9.90. The zero-order valence-electron chi connectivity index (χ0n) is 20.3. The van der Waals surface area contributed by atoms with Crippen LogP contribution in [0, 0.1) is 18.7 Å². The highest BCUT2D eigenvalue weighted by atomic mass is 32.2. The second kappa shape index (κ2) is 9.69. The summed E-state index contributed by atoms with van der Waals surface area (Å²) in [5, 5.41) is 4.55. The molecule has 1 N–H and O–H groups in total. The van der Waals surface area contributed by atoms with E-state index >= 15 is 0 Å². The molecule has 1 aromatic carbocycles. The van der Waals surface area contributed by atoms with E-state index in [0.717, 1.165) is 30.4 Å². The first-order chi connectivity index (χ1) is 15.8. The van der Waals surface area contributed by atoms with Crippen LogP contribution in [0.25, 0.3) is 0 Å². The molecule has 8 nitrogen and oxygen atoms in total. The summed E-state index contributed by atoms with van der Waals surface area (Å²) in [4.78, 5) is 28.1. The molecule has 2 aromatic rings. The summed E-state index contributed by atoms with van der Waals surface area (Å²) in [7, 11) is -3.68. The maximum Gasteiger partial charge on any atom is 0.273 e. The van der Waals surface area contributed by atoms with E-state index in [0.29, 0.717) is 35.8 Å². The first kappa shape index (κ1) is 25.6. The molecule has 2 heterocycles. The van der Waals surface area contributed by atoms with E-state index in [1.54, 1.807) is 24.8 Å². The van der Waals surface area contributed by atoms with Crippen molar-refractivity contribution >= 4 is 27.5 Å². The Morgan fingerprint density at radius 2 is 1.85 bits per heavy atom. The first-order valence-electron chi connectivity index (χ1n) is 11.1. The number of nitrogens with one attached hydrogen (secondary N) is 1. The van der Waals surface area contributed by atoms with Crippen molar-refractivity contribution in [2.24, 2.45) is 5.92 Å². The Morgan fingerprint density at radius 3 is 2.47 bits per heavy atom. The molecule has 0 bridgehead atoms. The molecule has 0 radical (unpaired) electrons. The van der Waals surface area contributed by atoms with Gasteiger partial charge in [-0.2, -0.15) is 5.10 Å². The Balaban J connectivity index is 2.03. The molecule has 1 aliphatic heterocycles. The molecule has 184 valence electrons. The lowest BCUT2D eigenvalue weighted by molar-refractivity contribution is 0.0552. The molecule has 0 spiro atoms. The van der Waals surface area contributed by atoms with Crippen LogP contribution in [0.4, 0.5) is 10.1 Å². The number of hydrogen-bond acceptors (Lipinski definition) is 5. The summed E-state index contributed by atoms with van der Waals surface area (Å²) in [6.45, 7) is 9.72. The average molecular weight is 491 g/mol. The van der Waals surface area contributed by atoms with E-state index in [-0.39, 0.29) is 17.2 Å². The summed E-state index contributed by atoms with van der Waals surface area (Å²) in [5.74, 6) is -1.07. The van der Waals surface area contributed by atoms with Crippen molar-refractivity contribution < 1.29 is 22.4 Å². The topological polar surface area (TPSA) is 101 Å². The summed E-state index contributed by atoms with van der Waals surface area (Å²) < 4.78 is 41.3. The number of hydrogen-bond donors (Lipinski definition) is 1. The maximum atomic E-state index is 14.1. The van der Waals surface area contributed by atoms with Gasteiger partial charge >= 0.3 is 0 Å². The van der Waals surface area contributed by atoms with Gasteiger partial charge < -0.3 is 4.90 Å². The second-order valence-electron chi connectivity index (χ2n) is 9.26. The summed E-state index contributed by atoms with van der Waals surface area (Å²) in [6, 6.07) is 4.73. The summed E-state index contributed by atoms with van der Waals surface area (Å²) >= 11 is 0. The molecule has 1 saturated heterocycles. The number of carbonyl (C=O) groups excluding carboxylic acids is 2. The molecule has 10 heteroatoms. The number of nitrogens with zero attached hydrogens (tertiary/aromatic N) is 3. The highest BCUT2D eigenvalue weighted by Gasteiger charge is 2.35. The van der Waals surface area contributed by atoms with Crippen LogP contribution in [0.2, 0.25) is 0 Å². The first-order valence-corrected chi connectivity index (χ1v) is 13.0. The monoisotopic (exact) mass is 490 g/mol. The molecule has 1 fully saturated rings. The maximum absolute atomic E-state index is 14.1. The number of halogens is 1. The van der Waals surface area contributed by atoms with Crippen molar-refractivity contribution in [3.8, 4) is 0 Å². The number of benzene rings is 1. The number of aromatic nitrogens is 2. The smallest absolute Gasteiger partial charge is 0.273 e. The van der Waals surface area contributed by atoms with Gasteiger partial charge in [-0.15, -0.1) is 0 Å². The molecule has 0 unspecified atom stereocenters. The lowest BCUT2D eigenvalue weighted by Gasteiger charge is -2.38. The fraction of sp³-hybridized carbons (Fsp3) is 0.458. The van der Waals surface area contributed by atoms with Crippen LogP contribution in [0.3, 0.4) is 0 Å². The standard InChI is InChI=1S/C24H31FN4O4S/c1-14(2)17(5)23(30)29-16(4)12-21(26-29)22-11-15(3)9-10-28(22)24(31)19-13-18(25)7-8-20(19)27-34(6,32)33/h7-8,12-13,15,22,27H,9-11H2,1-6H3/t15-,22+/m1/s1. The van der Waals surface area contributed by atoms with Crippen molar-refractivity contribution in [1.29, 1.82) is 0 Å². The quantitative estimate of drug-likeness (QED) is 0.630. The molecular formula is C24H31FN4O4S. The number of sulfonamides is 1. The van der Waals surface area contributed by atoms with Gasteiger partial charge in [0.1, 0.15) is 5.82 Å². The van der Waals surface area contributed by atoms with Crippen LogP contribution in [0.1, 0.15) is 73.1 Å². The Kier molecular flexibility index (Phi) is 7.30. The molecule has 0 saturated carbocycles. The minimum absolute atomic E-state index is 0.0161. The van der Waals surface area contributed by atoms with E-state index in [1.165, 1.54) is 10.7 Å². The Labute approximate surface area is 199 Å². The van der Waals surface area contributed by atoms with Crippen LogP contribution >= 0.6 is 0 Å². The Bertz CT molecular complexity index is 1260. The number of amides is 1. The van der Waals surface area contributed by atoms with Crippen molar-refractivity contribution in [3.63, 3.8) is 0 Å². The van der Waals surface area contributed by atoms with E-state index in [4.69, 9.17) is 0 Å². The fourth-order valence-electron chi connectivity index (χ4n) is 4.04. The van der Waals surface area contributed by atoms with Gasteiger partial charge in [-0.3, -0.25) is 14.3 Å². The molecule has 1 aliphatic rings. The van der Waals surface area contributed by atoms with Gasteiger partial charge in [0, 0.05) is 17.8 Å². The SMILES string of the molecule is CC(C)=C(C)C(=O)n1nc([C@@H]2C[C@H](C)CCN2C(=O)c2cc(F)ccc2NS(C)(=O)=O)cc1C. The predicted molar refractivity (Wildman–Crippen MR) is 129 cm³/mol. The van der Waals surface area contributed by atoms with Gasteiger partial charge in [0.05, 0.1) is 29.2 Å². The molecule has 2 atom stereocenters. The summed E-state index contributed by atoms with van der Waals surface area (Å²) in [6.07, 6.45) is 2.32. The number of allylic oxidation sites excluding steroid dienone is 2. The number of rotatable bonds is 5. The third-order valence-electron chi connectivity index (χ3n) is 6.14. The largest absolute Gasteiger partial charge is 0.330 e. The third kappa shape index (κ3) is 5.55. The van der Waals surface area contributed by atoms with E-state index in [2.05, 4.69) is 16.7 Å². The Morgan fingerprint density at radius 1 is 1.18 bits per heavy atom. The van der Waals surface area contributed by atoms with Gasteiger partial charge in [0.15, 0.2) is 0 Å². The van der Waals surface area contributed by atoms with Crippen LogP contribution in [0.5, 0.6) is 0 Å². The average Bonchev–Trinajstić information content (AvgIpc) is 3.13. The lowest BCUT2D eigenvalue weighted by Crippen LogP contribution is -2.41. The fourth-order valence-corrected chi connectivity index (χ4v) is 4.62. The highest BCUT2D eigenvalue weighted by molar-refractivity contribution is 7.92. The molecule has 34 heavy (non-hydrogen) atoms. The van der Waals surface area contributed by atoms with Gasteiger partial charge in [0.2, 0.25) is 10.0 Å². The molecule has 3 rings (SSSR count). The van der Waals surface area contributed by atoms with Gasteiger partial charge in [-0.05, 0) is 70.7 Å². The van der Waals surface area contributed by atoms with Gasteiger partial charge in [-0.1, -0.05) is 12.5 Å². The van der Waals surface area contributed by atoms with Gasteiger partial charge in [0.25, 0.3) is 11.8 Å². The molecule has 0 aliphatic carbocycles. The van der Waals surface area contributed by atoms with Crippen LogP contribution in [-0.4, -0.2) is 47.7 Å². The number of anilines is 1. The third-order valence-corrected chi connectivity index (χ3v) is 6.73. The second-order valence-corrected chi connectivity index (χ2v) is 11.0. The van der Waals surface area contributed by atoms with Crippen molar-refractivity contribution in [3.05, 3.63) is 58.2 Å². The van der Waals surface area contributed by atoms with E-state index in [1.807, 2.05) is 13.8 Å². The van der Waals surface area contributed by atoms with Gasteiger partial charge in [-0.25, -0.2) is 17.5 Å². The minimum Gasteiger partial charge on any atom is -0.330 e. The zero-order chi connectivity index (χ0) is 25.4. The summed E-state index contributed by atoms with van der Waals surface area (Å²) in [5.41, 5.74) is 2.65. The van der Waals surface area contributed by atoms with E-state index < -0.39 is 27.8 Å². The van der Waals surface area contributed by atoms with Crippen molar-refractivity contribution in [2.45, 2.75) is 53.5 Å². The highest BCUT2D eigenvalue weighted by Crippen LogP contribution is 2.36. The van der Waals surface area contributed by atoms with Crippen molar-refractivity contribution in [2.75, 3.05) is 17.5 Å². The number of carbonyl (C=O) groups is 2. The Hall–Kier alpha value is -3.01. The number of piperidine rings is 1. The molecule has 1 aromatic heterocycles. The molecular weight excluding hydrogens is 459 g/mol. The van der Waals surface area contributed by atoms with Crippen LogP contribution in [0.15, 0.2) is 35.4 Å². The predicted octanol–water partition coefficient (Wildman–Crippen LogP) is 4.31. The zero-order valence-corrected chi connectivity index (χ0v) is 21.2. The minimum atomic E-state index is -3.68.